The lowest BCUT2D eigenvalue weighted by Crippen LogP contribution is -2.45. The molecule has 0 N–H and O–H groups in total. The van der Waals surface area contributed by atoms with E-state index in [2.05, 4.69) is 98.3 Å². The molecule has 0 saturated carbocycles. The van der Waals surface area contributed by atoms with Gasteiger partial charge in [-0.1, -0.05) is 6.92 Å². The van der Waals surface area contributed by atoms with E-state index in [4.69, 9.17) is 0 Å². The van der Waals surface area contributed by atoms with Gasteiger partial charge in [-0.3, -0.25) is 0 Å². The molecule has 1 fully saturated rings. The van der Waals surface area contributed by atoms with Crippen molar-refractivity contribution in [3.63, 3.8) is 0 Å². The summed E-state index contributed by atoms with van der Waals surface area (Å²) in [6.45, 7) is 5.11. The Morgan fingerprint density at radius 3 is 1.29 bits per heavy atom. The topological polar surface area (TPSA) is 7.76 Å². The Hall–Kier alpha value is -1.78. The highest BCUT2D eigenvalue weighted by molar-refractivity contribution is 5.60. The minimum Gasteiger partial charge on any atom is -0.333 e. The maximum absolute atomic E-state index is 2.36. The number of nitrogens with zero attached hydrogens (tertiary/aromatic N) is 4. The van der Waals surface area contributed by atoms with Crippen molar-refractivity contribution in [1.82, 2.24) is 0 Å². The minimum atomic E-state index is 0.983. The van der Waals surface area contributed by atoms with Crippen LogP contribution < -0.4 is 9.13 Å². The first-order valence-electron chi connectivity index (χ1n) is 10.4. The first-order chi connectivity index (χ1) is 12.9. The second-order valence-corrected chi connectivity index (χ2v) is 10.3. The van der Waals surface area contributed by atoms with E-state index in [0.29, 0.717) is 0 Å². The van der Waals surface area contributed by atoms with Crippen LogP contribution in [0.2, 0.25) is 0 Å². The average molecular weight is 389 g/mol. The molecule has 0 radical (unpaired) electrons. The van der Waals surface area contributed by atoms with Gasteiger partial charge < -0.3 is 8.97 Å². The Morgan fingerprint density at radius 1 is 0.750 bits per heavy atom. The molecule has 1 aliphatic rings. The summed E-state index contributed by atoms with van der Waals surface area (Å²) < 4.78 is 6.31. The molecule has 0 amide bonds. The largest absolute Gasteiger partial charge is 0.333 e. The fourth-order valence-corrected chi connectivity index (χ4v) is 2.78. The van der Waals surface area contributed by atoms with Gasteiger partial charge in [0.05, 0.1) is 55.4 Å². The van der Waals surface area contributed by atoms with E-state index in [0.717, 1.165) is 10.4 Å². The number of hydrogen-bond acceptors (Lipinski definition) is 0. The van der Waals surface area contributed by atoms with Gasteiger partial charge in [0, 0.05) is 24.3 Å². The van der Waals surface area contributed by atoms with Gasteiger partial charge in [-0.15, -0.1) is 0 Å². The Kier molecular flexibility index (Phi) is 9.25. The third-order valence-corrected chi connectivity index (χ3v) is 4.74. The van der Waals surface area contributed by atoms with Crippen molar-refractivity contribution in [2.45, 2.75) is 19.8 Å². The number of pyridine rings is 2. The van der Waals surface area contributed by atoms with Crippen LogP contribution in [0.25, 0.3) is 11.1 Å². The van der Waals surface area contributed by atoms with Crippen LogP contribution in [0.5, 0.6) is 0 Å². The second-order valence-electron chi connectivity index (χ2n) is 10.3. The quantitative estimate of drug-likeness (QED) is 0.524. The van der Waals surface area contributed by atoms with E-state index in [1.54, 1.807) is 0 Å². The normalized spacial score (nSPS) is 16.3. The van der Waals surface area contributed by atoms with E-state index in [-0.39, 0.29) is 0 Å². The summed E-state index contributed by atoms with van der Waals surface area (Å²) in [6, 6.07) is 8.48. The van der Waals surface area contributed by atoms with E-state index in [1.165, 1.54) is 41.5 Å². The molecule has 0 aliphatic carbocycles. The van der Waals surface area contributed by atoms with Crippen LogP contribution in [0.4, 0.5) is 0 Å². The maximum Gasteiger partial charge on any atom is 0.169 e. The Morgan fingerprint density at radius 2 is 1.04 bits per heavy atom. The summed E-state index contributed by atoms with van der Waals surface area (Å²) in [5, 5.41) is 0. The molecule has 0 spiro atoms. The van der Waals surface area contributed by atoms with E-state index in [1.807, 2.05) is 23.2 Å². The van der Waals surface area contributed by atoms with Gasteiger partial charge in [-0.25, -0.2) is 9.13 Å². The Balaban J connectivity index is 0.000000241. The third kappa shape index (κ3) is 11.2. The number of likely N-dealkylation sites (tertiary alicyclic amines) is 1. The smallest absolute Gasteiger partial charge is 0.169 e. The molecule has 1 saturated heterocycles. The second kappa shape index (κ2) is 10.7. The maximum atomic E-state index is 2.36. The molecule has 3 rings (SSSR count). The van der Waals surface area contributed by atoms with E-state index < -0.39 is 0 Å². The number of rotatable bonds is 1. The van der Waals surface area contributed by atoms with Gasteiger partial charge >= 0.3 is 0 Å². The zero-order chi connectivity index (χ0) is 21.4. The highest BCUT2D eigenvalue weighted by Crippen LogP contribution is 2.18. The summed E-state index contributed by atoms with van der Waals surface area (Å²) in [4.78, 5) is 0. The molecule has 0 bridgehead atoms. The molecule has 156 valence electrons. The van der Waals surface area contributed by atoms with Crippen LogP contribution in [0.1, 0.15) is 19.8 Å². The van der Waals surface area contributed by atoms with Crippen molar-refractivity contribution in [3.8, 4) is 11.1 Å². The zero-order valence-electron chi connectivity index (χ0n) is 19.8. The number of aromatic nitrogens is 2. The number of quaternary nitrogens is 2. The summed E-state index contributed by atoms with van der Waals surface area (Å²) in [7, 11) is 17.2. The van der Waals surface area contributed by atoms with Crippen molar-refractivity contribution < 1.29 is 18.1 Å². The molecule has 4 nitrogen and oxygen atoms in total. The lowest BCUT2D eigenvalue weighted by molar-refractivity contribution is -0.896. The molecular weight excluding hydrogens is 344 g/mol. The minimum absolute atomic E-state index is 0.983. The van der Waals surface area contributed by atoms with Gasteiger partial charge in [0.25, 0.3) is 0 Å². The van der Waals surface area contributed by atoms with Crippen LogP contribution in [-0.2, 0) is 14.1 Å². The van der Waals surface area contributed by atoms with Gasteiger partial charge in [0.1, 0.15) is 14.1 Å². The van der Waals surface area contributed by atoms with Gasteiger partial charge in [0.2, 0.25) is 0 Å². The van der Waals surface area contributed by atoms with E-state index >= 15 is 0 Å². The van der Waals surface area contributed by atoms with Crippen LogP contribution in [0, 0.1) is 5.92 Å². The van der Waals surface area contributed by atoms with Crippen molar-refractivity contribution in [2.75, 3.05) is 55.4 Å². The molecular formula is C24H44N4+4. The van der Waals surface area contributed by atoms with Gasteiger partial charge in [-0.2, -0.15) is 0 Å². The predicted molar refractivity (Wildman–Crippen MR) is 118 cm³/mol. The summed E-state index contributed by atoms with van der Waals surface area (Å²) in [5.74, 6) is 0.983. The summed E-state index contributed by atoms with van der Waals surface area (Å²) in [6.07, 6.45) is 11.1. The SMILES string of the molecule is CC1CC[N+](C)(C)CC1.C[N+](C)(C)C.C[n+]1ccc(-c2cc[n+](C)cc2)cc1. The number of hydrogen-bond donors (Lipinski definition) is 0. The molecule has 1 aliphatic heterocycles. The lowest BCUT2D eigenvalue weighted by Gasteiger charge is -2.35. The Bertz CT molecular complexity index is 623. The molecule has 28 heavy (non-hydrogen) atoms. The monoisotopic (exact) mass is 388 g/mol. The number of aryl methyl sites for hydroxylation is 2. The average Bonchev–Trinajstić information content (AvgIpc) is 2.58. The first kappa shape index (κ1) is 24.3. The molecule has 0 aromatic carbocycles. The first-order valence-corrected chi connectivity index (χ1v) is 10.4. The highest BCUT2D eigenvalue weighted by Gasteiger charge is 2.22. The Labute approximate surface area is 173 Å². The van der Waals surface area contributed by atoms with Crippen molar-refractivity contribution in [3.05, 3.63) is 49.1 Å². The van der Waals surface area contributed by atoms with Crippen LogP contribution in [0.15, 0.2) is 49.1 Å². The van der Waals surface area contributed by atoms with Crippen LogP contribution in [-0.4, -0.2) is 64.3 Å². The molecule has 2 aromatic heterocycles. The van der Waals surface area contributed by atoms with Crippen molar-refractivity contribution in [2.24, 2.45) is 20.0 Å². The fraction of sp³-hybridized carbons (Fsp3) is 0.583. The van der Waals surface area contributed by atoms with E-state index in [9.17, 15) is 0 Å². The van der Waals surface area contributed by atoms with Crippen LogP contribution in [0.3, 0.4) is 0 Å². The lowest BCUT2D eigenvalue weighted by atomic mass is 9.98. The molecule has 4 heteroatoms. The van der Waals surface area contributed by atoms with Crippen molar-refractivity contribution >= 4 is 0 Å². The van der Waals surface area contributed by atoms with Gasteiger partial charge in [-0.05, 0) is 29.9 Å². The zero-order valence-corrected chi connectivity index (χ0v) is 19.8. The predicted octanol–water partition coefficient (Wildman–Crippen LogP) is 2.82. The van der Waals surface area contributed by atoms with Gasteiger partial charge in [0.15, 0.2) is 24.8 Å². The number of piperidine rings is 1. The summed E-state index contributed by atoms with van der Waals surface area (Å²) >= 11 is 0. The summed E-state index contributed by atoms with van der Waals surface area (Å²) in [5.41, 5.74) is 2.51. The molecule has 3 heterocycles. The van der Waals surface area contributed by atoms with Crippen molar-refractivity contribution in [1.29, 1.82) is 0 Å². The molecule has 0 atom stereocenters. The highest BCUT2D eigenvalue weighted by atomic mass is 15.3. The molecule has 0 unspecified atom stereocenters. The standard InChI is InChI=1S/C12H14N2.C8H18N.C4H12N/c1-13-7-3-11(4-8-13)12-5-9-14(2)10-6-12;1-8-4-6-9(2,3)7-5-8;1-5(2,3)4/h3-10H,1-2H3;8H,4-7H2,1-3H3;1-4H3/q+2;2*+1. The fourth-order valence-electron chi connectivity index (χ4n) is 2.78. The third-order valence-electron chi connectivity index (χ3n) is 4.74. The molecule has 2 aromatic rings. The van der Waals surface area contributed by atoms with Crippen LogP contribution >= 0.6 is 0 Å².